The van der Waals surface area contributed by atoms with E-state index in [1.54, 1.807) is 0 Å². The summed E-state index contributed by atoms with van der Waals surface area (Å²) in [6.07, 6.45) is 0. The molecule has 2 nitrogen and oxygen atoms in total. The van der Waals surface area contributed by atoms with Gasteiger partial charge < -0.3 is 9.80 Å². The Morgan fingerprint density at radius 1 is 0.407 bits per heavy atom. The smallest absolute Gasteiger partial charge is 0.0601 e. The Balaban J connectivity index is 1.30. The zero-order valence-electron chi connectivity index (χ0n) is 29.3. The van der Waals surface area contributed by atoms with Crippen LogP contribution in [0.4, 0.5) is 34.1 Å². The summed E-state index contributed by atoms with van der Waals surface area (Å²) < 4.78 is 0. The van der Waals surface area contributed by atoms with E-state index >= 15 is 0 Å². The van der Waals surface area contributed by atoms with Crippen molar-refractivity contribution >= 4 is 80.1 Å². The highest BCUT2D eigenvalue weighted by Crippen LogP contribution is 2.53. The number of rotatable bonds is 6. The molecule has 0 N–H and O–H groups in total. The molecule has 0 atom stereocenters. The predicted octanol–water partition coefficient (Wildman–Crippen LogP) is 15.0. The zero-order valence-corrected chi connectivity index (χ0v) is 31.0. The van der Waals surface area contributed by atoms with Gasteiger partial charge in [-0.25, -0.2) is 0 Å². The van der Waals surface area contributed by atoms with Gasteiger partial charge in [-0.3, -0.25) is 0 Å². The monoisotopic (exact) mass is 726 g/mol. The summed E-state index contributed by atoms with van der Waals surface area (Å²) in [5, 5.41) is 4.82. The molecule has 0 spiro atoms. The topological polar surface area (TPSA) is 6.48 Å². The number of benzene rings is 9. The highest BCUT2D eigenvalue weighted by atomic mass is 32.2. The van der Waals surface area contributed by atoms with Crippen LogP contribution in [0.2, 0.25) is 0 Å². The lowest BCUT2D eigenvalue weighted by atomic mass is 9.85. The van der Waals surface area contributed by atoms with E-state index in [-0.39, 0.29) is 0 Å². The van der Waals surface area contributed by atoms with Crippen molar-refractivity contribution in [3.05, 3.63) is 200 Å². The Morgan fingerprint density at radius 2 is 0.907 bits per heavy atom. The van der Waals surface area contributed by atoms with E-state index in [2.05, 4.69) is 204 Å². The van der Waals surface area contributed by atoms with Crippen molar-refractivity contribution in [2.24, 2.45) is 0 Å². The highest BCUT2D eigenvalue weighted by Gasteiger charge is 2.26. The van der Waals surface area contributed by atoms with Crippen LogP contribution in [0.5, 0.6) is 0 Å². The summed E-state index contributed by atoms with van der Waals surface area (Å²) in [4.78, 5) is 8.16. The number of para-hydroxylation sites is 4. The first-order chi connectivity index (χ1) is 26.7. The van der Waals surface area contributed by atoms with Gasteiger partial charge in [0.15, 0.2) is 0 Å². The molecule has 54 heavy (non-hydrogen) atoms. The molecule has 1 aliphatic rings. The average Bonchev–Trinajstić information content (AvgIpc) is 3.23. The summed E-state index contributed by atoms with van der Waals surface area (Å²) in [5.41, 5.74) is 11.5. The molecule has 0 fully saturated rings. The van der Waals surface area contributed by atoms with Gasteiger partial charge in [0.25, 0.3) is 0 Å². The molecule has 1 aliphatic heterocycles. The molecule has 0 radical (unpaired) electrons. The van der Waals surface area contributed by atoms with E-state index in [1.165, 1.54) is 65.0 Å². The van der Waals surface area contributed by atoms with Crippen LogP contribution in [-0.4, -0.2) is 0 Å². The van der Waals surface area contributed by atoms with Gasteiger partial charge in [-0.2, -0.15) is 0 Å². The minimum Gasteiger partial charge on any atom is -0.309 e. The fourth-order valence-corrected chi connectivity index (χ4v) is 9.27. The van der Waals surface area contributed by atoms with Crippen molar-refractivity contribution in [2.45, 2.75) is 14.7 Å². The van der Waals surface area contributed by atoms with Crippen molar-refractivity contribution in [2.75, 3.05) is 9.80 Å². The van der Waals surface area contributed by atoms with E-state index in [0.717, 1.165) is 27.6 Å². The fraction of sp³-hybridized carbons (Fsp3) is 0. The molecular weight excluding hydrogens is 693 g/mol. The van der Waals surface area contributed by atoms with Crippen molar-refractivity contribution in [3.63, 3.8) is 0 Å². The minimum atomic E-state index is 0.917. The highest BCUT2D eigenvalue weighted by molar-refractivity contribution is 7.99. The van der Waals surface area contributed by atoms with Gasteiger partial charge >= 0.3 is 0 Å². The fourth-order valence-electron chi connectivity index (χ4n) is 7.95. The maximum atomic E-state index is 4.94. The standard InChI is InChI=1S/C50H34N2S2/c53-46-25-13-10-22-43(46)51(36-20-8-3-9-21-36)37-28-30-39-41(32-37)49(34-16-4-1-5-17-34)40-31-29-38(33-42(40)50(39)35-18-6-2-7-19-35)52-44-23-11-14-26-47(44)54-48-27-15-12-24-45(48)52/h1-33,53H. The maximum Gasteiger partial charge on any atom is 0.0601 e. The quantitative estimate of drug-likeness (QED) is 0.135. The van der Waals surface area contributed by atoms with Crippen molar-refractivity contribution in [1.29, 1.82) is 0 Å². The van der Waals surface area contributed by atoms with E-state index < -0.39 is 0 Å². The normalized spacial score (nSPS) is 12.1. The number of nitrogens with zero attached hydrogens (tertiary/aromatic N) is 2. The van der Waals surface area contributed by atoms with Gasteiger partial charge in [0, 0.05) is 31.7 Å². The third-order valence-electron chi connectivity index (χ3n) is 10.3. The van der Waals surface area contributed by atoms with E-state index in [9.17, 15) is 0 Å². The lowest BCUT2D eigenvalue weighted by Gasteiger charge is -2.33. The maximum absolute atomic E-state index is 4.94. The number of hydrogen-bond donors (Lipinski definition) is 1. The Kier molecular flexibility index (Phi) is 8.20. The van der Waals surface area contributed by atoms with Gasteiger partial charge in [0.05, 0.1) is 17.1 Å². The van der Waals surface area contributed by atoms with Crippen molar-refractivity contribution in [1.82, 2.24) is 0 Å². The van der Waals surface area contributed by atoms with Gasteiger partial charge in [-0.15, -0.1) is 12.6 Å². The molecule has 0 aromatic heterocycles. The Bertz CT molecular complexity index is 2650. The molecule has 0 saturated carbocycles. The van der Waals surface area contributed by atoms with Crippen LogP contribution >= 0.6 is 24.4 Å². The Morgan fingerprint density at radius 3 is 1.52 bits per heavy atom. The molecule has 4 heteroatoms. The number of anilines is 6. The first kappa shape index (κ1) is 32.5. The number of hydrogen-bond acceptors (Lipinski definition) is 4. The van der Waals surface area contributed by atoms with Crippen LogP contribution < -0.4 is 9.80 Å². The molecule has 0 saturated heterocycles. The third kappa shape index (κ3) is 5.54. The van der Waals surface area contributed by atoms with E-state index in [1.807, 2.05) is 17.8 Å². The first-order valence-electron chi connectivity index (χ1n) is 18.2. The first-order valence-corrected chi connectivity index (χ1v) is 19.4. The van der Waals surface area contributed by atoms with Gasteiger partial charge in [0.1, 0.15) is 0 Å². The van der Waals surface area contributed by atoms with E-state index in [4.69, 9.17) is 12.6 Å². The second kappa shape index (κ2) is 13.7. The molecule has 1 heterocycles. The van der Waals surface area contributed by atoms with E-state index in [0.29, 0.717) is 0 Å². The predicted molar refractivity (Wildman–Crippen MR) is 233 cm³/mol. The lowest BCUT2D eigenvalue weighted by Crippen LogP contribution is -2.14. The number of thiol groups is 1. The van der Waals surface area contributed by atoms with Gasteiger partial charge in [-0.05, 0) is 117 Å². The van der Waals surface area contributed by atoms with Crippen LogP contribution in [0.15, 0.2) is 215 Å². The molecule has 10 rings (SSSR count). The van der Waals surface area contributed by atoms with Crippen molar-refractivity contribution in [3.8, 4) is 22.3 Å². The van der Waals surface area contributed by atoms with Crippen molar-refractivity contribution < 1.29 is 0 Å². The van der Waals surface area contributed by atoms with Crippen LogP contribution in [0.25, 0.3) is 43.8 Å². The SMILES string of the molecule is Sc1ccccc1N(c1ccccc1)c1ccc2c(-c3ccccc3)c3cc(N4c5ccccc5Sc5ccccc54)ccc3c(-c3ccccc3)c2c1. The molecule has 9 aromatic rings. The van der Waals surface area contributed by atoms with Gasteiger partial charge in [-0.1, -0.05) is 139 Å². The minimum absolute atomic E-state index is 0.917. The Labute approximate surface area is 325 Å². The summed E-state index contributed by atoms with van der Waals surface area (Å²) >= 11 is 6.78. The molecule has 0 amide bonds. The second-order valence-corrected chi connectivity index (χ2v) is 15.0. The summed E-state index contributed by atoms with van der Waals surface area (Å²) in [6, 6.07) is 72.1. The second-order valence-electron chi connectivity index (χ2n) is 13.5. The van der Waals surface area contributed by atoms with Crippen LogP contribution in [0.3, 0.4) is 0 Å². The largest absolute Gasteiger partial charge is 0.309 e. The Hall–Kier alpha value is -6.20. The molecule has 0 aliphatic carbocycles. The molecule has 9 aromatic carbocycles. The van der Waals surface area contributed by atoms with Crippen LogP contribution in [-0.2, 0) is 0 Å². The van der Waals surface area contributed by atoms with Crippen LogP contribution in [0.1, 0.15) is 0 Å². The molecule has 0 bridgehead atoms. The van der Waals surface area contributed by atoms with Gasteiger partial charge in [0.2, 0.25) is 0 Å². The average molecular weight is 727 g/mol. The van der Waals surface area contributed by atoms with Crippen LogP contribution in [0, 0.1) is 0 Å². The summed E-state index contributed by atoms with van der Waals surface area (Å²) in [7, 11) is 0. The molecule has 0 unspecified atom stereocenters. The molecule has 256 valence electrons. The zero-order chi connectivity index (χ0) is 36.0. The summed E-state index contributed by atoms with van der Waals surface area (Å²) in [6.45, 7) is 0. The number of fused-ring (bicyclic) bond motifs is 4. The third-order valence-corrected chi connectivity index (χ3v) is 11.8. The lowest BCUT2D eigenvalue weighted by molar-refractivity contribution is 1.17. The molecular formula is C50H34N2S2. The summed E-state index contributed by atoms with van der Waals surface area (Å²) in [5.74, 6) is 0.